The third-order valence-electron chi connectivity index (χ3n) is 3.33. The molecule has 3 heteroatoms. The summed E-state index contributed by atoms with van der Waals surface area (Å²) in [6.45, 7) is 0. The maximum Gasteiger partial charge on any atom is 0.162 e. The second-order valence-corrected chi connectivity index (χ2v) is 5.80. The van der Waals surface area contributed by atoms with Crippen molar-refractivity contribution in [3.63, 3.8) is 0 Å². The molecular weight excluding hydrogens is 266 g/mol. The number of aromatic nitrogens is 1. The van der Waals surface area contributed by atoms with Crippen LogP contribution in [0.5, 0.6) is 0 Å². The summed E-state index contributed by atoms with van der Waals surface area (Å²) in [5, 5.41) is 3.15. The zero-order valence-electron chi connectivity index (χ0n) is 11.1. The van der Waals surface area contributed by atoms with Gasteiger partial charge in [0.15, 0.2) is 5.78 Å². The number of thiophene rings is 1. The fourth-order valence-corrected chi connectivity index (χ4v) is 3.01. The molecule has 0 bridgehead atoms. The van der Waals surface area contributed by atoms with Crippen molar-refractivity contribution in [3.8, 4) is 0 Å². The normalized spacial score (nSPS) is 10.8. The fourth-order valence-electron chi connectivity index (χ4n) is 2.26. The summed E-state index contributed by atoms with van der Waals surface area (Å²) in [5.41, 5.74) is 1.65. The topological polar surface area (TPSA) is 30.0 Å². The molecule has 0 spiro atoms. The Balaban J connectivity index is 1.66. The largest absolute Gasteiger partial charge is 0.294 e. The SMILES string of the molecule is O=C(CCCc1cccs1)c1ccc2cccnc2c1. The predicted molar refractivity (Wildman–Crippen MR) is 83.3 cm³/mol. The summed E-state index contributed by atoms with van der Waals surface area (Å²) in [4.78, 5) is 17.8. The monoisotopic (exact) mass is 281 g/mol. The van der Waals surface area contributed by atoms with Crippen LogP contribution in [0.15, 0.2) is 54.0 Å². The average molecular weight is 281 g/mol. The van der Waals surface area contributed by atoms with Crippen molar-refractivity contribution in [2.24, 2.45) is 0 Å². The Morgan fingerprint density at radius 1 is 1.15 bits per heavy atom. The molecule has 1 aromatic carbocycles. The lowest BCUT2D eigenvalue weighted by Gasteiger charge is -2.02. The number of carbonyl (C=O) groups excluding carboxylic acids is 1. The van der Waals surface area contributed by atoms with Gasteiger partial charge >= 0.3 is 0 Å². The Kier molecular flexibility index (Phi) is 3.88. The lowest BCUT2D eigenvalue weighted by atomic mass is 10.0. The second-order valence-electron chi connectivity index (χ2n) is 4.77. The van der Waals surface area contributed by atoms with Crippen molar-refractivity contribution >= 4 is 28.0 Å². The number of pyridine rings is 1. The third kappa shape index (κ3) is 2.94. The van der Waals surface area contributed by atoms with E-state index in [0.29, 0.717) is 6.42 Å². The molecule has 3 rings (SSSR count). The molecule has 0 aliphatic carbocycles. The third-order valence-corrected chi connectivity index (χ3v) is 4.27. The van der Waals surface area contributed by atoms with E-state index in [0.717, 1.165) is 29.3 Å². The van der Waals surface area contributed by atoms with Crippen LogP contribution in [-0.4, -0.2) is 10.8 Å². The molecule has 0 saturated carbocycles. The van der Waals surface area contributed by atoms with Gasteiger partial charge in [-0.15, -0.1) is 11.3 Å². The highest BCUT2D eigenvalue weighted by Crippen LogP contribution is 2.17. The summed E-state index contributed by atoms with van der Waals surface area (Å²) < 4.78 is 0. The molecule has 0 unspecified atom stereocenters. The minimum Gasteiger partial charge on any atom is -0.294 e. The van der Waals surface area contributed by atoms with E-state index >= 15 is 0 Å². The molecule has 2 heterocycles. The fraction of sp³-hybridized carbons (Fsp3) is 0.176. The maximum atomic E-state index is 12.2. The Labute approximate surface area is 122 Å². The van der Waals surface area contributed by atoms with E-state index in [1.165, 1.54) is 4.88 Å². The molecule has 0 saturated heterocycles. The number of aryl methyl sites for hydroxylation is 1. The number of rotatable bonds is 5. The van der Waals surface area contributed by atoms with Gasteiger partial charge in [0.25, 0.3) is 0 Å². The van der Waals surface area contributed by atoms with Crippen molar-refractivity contribution in [1.82, 2.24) is 4.98 Å². The van der Waals surface area contributed by atoms with Crippen molar-refractivity contribution in [2.75, 3.05) is 0 Å². The number of hydrogen-bond acceptors (Lipinski definition) is 3. The van der Waals surface area contributed by atoms with E-state index < -0.39 is 0 Å². The predicted octanol–water partition coefficient (Wildman–Crippen LogP) is 4.50. The number of carbonyl (C=O) groups is 1. The second kappa shape index (κ2) is 5.97. The van der Waals surface area contributed by atoms with Gasteiger partial charge in [0.1, 0.15) is 0 Å². The summed E-state index contributed by atoms with van der Waals surface area (Å²) in [6.07, 6.45) is 4.23. The van der Waals surface area contributed by atoms with Crippen molar-refractivity contribution in [2.45, 2.75) is 19.3 Å². The van der Waals surface area contributed by atoms with E-state index in [2.05, 4.69) is 22.5 Å². The molecule has 2 aromatic heterocycles. The lowest BCUT2D eigenvalue weighted by Crippen LogP contribution is -1.99. The summed E-state index contributed by atoms with van der Waals surface area (Å²) in [6, 6.07) is 13.8. The molecule has 0 aliphatic heterocycles. The van der Waals surface area contributed by atoms with Crippen LogP contribution in [0.4, 0.5) is 0 Å². The molecule has 0 radical (unpaired) electrons. The van der Waals surface area contributed by atoms with Gasteiger partial charge in [0, 0.05) is 28.4 Å². The first kappa shape index (κ1) is 13.0. The number of nitrogens with zero attached hydrogens (tertiary/aromatic N) is 1. The van der Waals surface area contributed by atoms with Gasteiger partial charge in [-0.1, -0.05) is 24.3 Å². The Bertz CT molecular complexity index is 719. The molecule has 100 valence electrons. The van der Waals surface area contributed by atoms with Gasteiger partial charge in [-0.25, -0.2) is 0 Å². The molecule has 3 aromatic rings. The summed E-state index contributed by atoms with van der Waals surface area (Å²) in [7, 11) is 0. The molecule has 0 aliphatic rings. The quantitative estimate of drug-likeness (QED) is 0.644. The van der Waals surface area contributed by atoms with Crippen LogP contribution in [-0.2, 0) is 6.42 Å². The molecule has 2 nitrogen and oxygen atoms in total. The zero-order valence-corrected chi connectivity index (χ0v) is 11.9. The smallest absolute Gasteiger partial charge is 0.162 e. The van der Waals surface area contributed by atoms with Crippen molar-refractivity contribution in [3.05, 3.63) is 64.5 Å². The molecule has 0 fully saturated rings. The van der Waals surface area contributed by atoms with Gasteiger partial charge in [0.2, 0.25) is 0 Å². The standard InChI is InChI=1S/C17H15NOS/c19-17(7-1-5-15-6-3-11-20-15)14-9-8-13-4-2-10-18-16(13)12-14/h2-4,6,8-12H,1,5,7H2. The van der Waals surface area contributed by atoms with Gasteiger partial charge in [0.05, 0.1) is 5.52 Å². The lowest BCUT2D eigenvalue weighted by molar-refractivity contribution is 0.0980. The van der Waals surface area contributed by atoms with Crippen LogP contribution >= 0.6 is 11.3 Å². The van der Waals surface area contributed by atoms with Crippen LogP contribution < -0.4 is 0 Å². The van der Waals surface area contributed by atoms with Crippen LogP contribution in [0.3, 0.4) is 0 Å². The van der Waals surface area contributed by atoms with Crippen LogP contribution in [0.25, 0.3) is 10.9 Å². The van der Waals surface area contributed by atoms with Crippen molar-refractivity contribution in [1.29, 1.82) is 0 Å². The van der Waals surface area contributed by atoms with Crippen LogP contribution in [0, 0.1) is 0 Å². The Morgan fingerprint density at radius 2 is 2.10 bits per heavy atom. The van der Waals surface area contributed by atoms with E-state index in [9.17, 15) is 4.79 Å². The van der Waals surface area contributed by atoms with E-state index in [-0.39, 0.29) is 5.78 Å². The van der Waals surface area contributed by atoms with E-state index in [1.807, 2.05) is 30.3 Å². The molecular formula is C17H15NOS. The first-order valence-corrected chi connectivity index (χ1v) is 7.61. The highest BCUT2D eigenvalue weighted by Gasteiger charge is 2.07. The van der Waals surface area contributed by atoms with E-state index in [1.54, 1.807) is 17.5 Å². The molecule has 20 heavy (non-hydrogen) atoms. The number of hydrogen-bond donors (Lipinski definition) is 0. The highest BCUT2D eigenvalue weighted by molar-refractivity contribution is 7.09. The number of Topliss-reactive ketones (excluding diaryl/α,β-unsaturated/α-hetero) is 1. The van der Waals surface area contributed by atoms with Gasteiger partial charge < -0.3 is 0 Å². The van der Waals surface area contributed by atoms with Gasteiger partial charge in [-0.05, 0) is 36.4 Å². The van der Waals surface area contributed by atoms with E-state index in [4.69, 9.17) is 0 Å². The number of fused-ring (bicyclic) bond motifs is 1. The Morgan fingerprint density at radius 3 is 2.95 bits per heavy atom. The van der Waals surface area contributed by atoms with Crippen molar-refractivity contribution < 1.29 is 4.79 Å². The molecule has 0 amide bonds. The zero-order chi connectivity index (χ0) is 13.8. The number of ketones is 1. The molecule has 0 N–H and O–H groups in total. The van der Waals surface area contributed by atoms with Gasteiger partial charge in [-0.3, -0.25) is 9.78 Å². The average Bonchev–Trinajstić information content (AvgIpc) is 3.00. The first-order chi connectivity index (χ1) is 9.83. The molecule has 0 atom stereocenters. The van der Waals surface area contributed by atoms with Crippen LogP contribution in [0.2, 0.25) is 0 Å². The summed E-state index contributed by atoms with van der Waals surface area (Å²) in [5.74, 6) is 0.203. The minimum atomic E-state index is 0.203. The highest BCUT2D eigenvalue weighted by atomic mass is 32.1. The van der Waals surface area contributed by atoms with Crippen LogP contribution in [0.1, 0.15) is 28.1 Å². The van der Waals surface area contributed by atoms with Gasteiger partial charge in [-0.2, -0.15) is 0 Å². The number of benzene rings is 1. The minimum absolute atomic E-state index is 0.203. The maximum absolute atomic E-state index is 12.2. The Hall–Kier alpha value is -2.00. The first-order valence-electron chi connectivity index (χ1n) is 6.73. The summed E-state index contributed by atoms with van der Waals surface area (Å²) >= 11 is 1.75.